The van der Waals surface area contributed by atoms with Crippen LogP contribution >= 0.6 is 11.6 Å². The predicted octanol–water partition coefficient (Wildman–Crippen LogP) is 5.29. The summed E-state index contributed by atoms with van der Waals surface area (Å²) in [6, 6.07) is 7.86. The molecule has 2 aliphatic rings. The number of hydrogen-bond donors (Lipinski definition) is 1. The molecule has 2 bridgehead atoms. The lowest BCUT2D eigenvalue weighted by Gasteiger charge is -2.23. The average Bonchev–Trinajstić information content (AvgIpc) is 3.02. The summed E-state index contributed by atoms with van der Waals surface area (Å²) in [6.07, 6.45) is 4.35. The van der Waals surface area contributed by atoms with Crippen molar-refractivity contribution in [2.45, 2.75) is 33.1 Å². The van der Waals surface area contributed by atoms with Crippen LogP contribution in [0.3, 0.4) is 0 Å². The molecule has 1 saturated carbocycles. The Hall–Kier alpha value is -2.13. The second kappa shape index (κ2) is 5.99. The highest BCUT2D eigenvalue weighted by Crippen LogP contribution is 2.46. The molecule has 4 heteroatoms. The first-order valence-electron chi connectivity index (χ1n) is 8.66. The maximum atomic E-state index is 12.9. The Labute approximate surface area is 152 Å². The van der Waals surface area contributed by atoms with Gasteiger partial charge in [-0.3, -0.25) is 4.79 Å². The molecule has 1 heterocycles. The van der Waals surface area contributed by atoms with E-state index in [-0.39, 0.29) is 23.4 Å². The first-order chi connectivity index (χ1) is 12.0. The van der Waals surface area contributed by atoms with Crippen LogP contribution in [0.25, 0.3) is 16.7 Å². The van der Waals surface area contributed by atoms with Crippen LogP contribution in [0.15, 0.2) is 36.2 Å². The molecule has 128 valence electrons. The van der Waals surface area contributed by atoms with E-state index < -0.39 is 0 Å². The number of ketones is 1. The highest BCUT2D eigenvalue weighted by molar-refractivity contribution is 6.29. The lowest BCUT2D eigenvalue weighted by molar-refractivity contribution is -0.117. The van der Waals surface area contributed by atoms with Gasteiger partial charge in [0.1, 0.15) is 10.9 Å². The van der Waals surface area contributed by atoms with Crippen molar-refractivity contribution in [3.63, 3.8) is 0 Å². The molecule has 1 aromatic carbocycles. The number of hydrogen-bond acceptors (Lipinski definition) is 3. The van der Waals surface area contributed by atoms with E-state index in [0.29, 0.717) is 10.7 Å². The molecule has 1 N–H and O–H groups in total. The molecule has 1 fully saturated rings. The fraction of sp³-hybridized carbons (Fsp3) is 0.333. The van der Waals surface area contributed by atoms with Crippen molar-refractivity contribution in [1.82, 2.24) is 4.98 Å². The Balaban J connectivity index is 1.86. The Morgan fingerprint density at radius 2 is 1.84 bits per heavy atom. The van der Waals surface area contributed by atoms with Gasteiger partial charge in [-0.1, -0.05) is 23.7 Å². The van der Waals surface area contributed by atoms with Crippen LogP contribution in [-0.4, -0.2) is 15.9 Å². The zero-order chi connectivity index (χ0) is 17.7. The monoisotopic (exact) mass is 353 g/mol. The van der Waals surface area contributed by atoms with E-state index in [4.69, 9.17) is 11.6 Å². The van der Waals surface area contributed by atoms with Gasteiger partial charge in [-0.25, -0.2) is 4.98 Å². The largest absolute Gasteiger partial charge is 0.511 e. The highest BCUT2D eigenvalue weighted by atomic mass is 35.5. The lowest BCUT2D eigenvalue weighted by atomic mass is 9.81. The number of pyridine rings is 1. The third-order valence-electron chi connectivity index (χ3n) is 5.59. The number of allylic oxidation sites excluding steroid dienone is 2. The molecule has 0 radical (unpaired) electrons. The Kier molecular flexibility index (Phi) is 3.92. The Bertz CT molecular complexity index is 916. The average molecular weight is 354 g/mol. The van der Waals surface area contributed by atoms with Gasteiger partial charge in [-0.2, -0.15) is 0 Å². The second-order valence-electron chi connectivity index (χ2n) is 7.18. The normalized spacial score (nSPS) is 22.6. The number of aromatic nitrogens is 1. The van der Waals surface area contributed by atoms with Gasteiger partial charge in [0.2, 0.25) is 0 Å². The number of rotatable bonds is 2. The number of halogens is 1. The Morgan fingerprint density at radius 1 is 1.08 bits per heavy atom. The summed E-state index contributed by atoms with van der Waals surface area (Å²) in [5, 5.41) is 11.2. The summed E-state index contributed by atoms with van der Waals surface area (Å²) in [7, 11) is 0. The minimum atomic E-state index is 0.0675. The summed E-state index contributed by atoms with van der Waals surface area (Å²) >= 11 is 5.96. The van der Waals surface area contributed by atoms with Crippen LogP contribution in [0.2, 0.25) is 5.15 Å². The molecule has 1 aromatic heterocycles. The van der Waals surface area contributed by atoms with Gasteiger partial charge in [0.25, 0.3) is 0 Å². The van der Waals surface area contributed by atoms with Crippen molar-refractivity contribution in [2.24, 2.45) is 11.8 Å². The molecule has 0 aliphatic heterocycles. The summed E-state index contributed by atoms with van der Waals surface area (Å²) in [5.41, 5.74) is 5.36. The van der Waals surface area contributed by atoms with Gasteiger partial charge in [-0.15, -0.1) is 0 Å². The number of nitrogens with zero attached hydrogens (tertiary/aromatic N) is 1. The van der Waals surface area contributed by atoms with E-state index in [1.54, 1.807) is 6.20 Å². The molecule has 0 amide bonds. The van der Waals surface area contributed by atoms with Gasteiger partial charge in [0.05, 0.1) is 5.57 Å². The van der Waals surface area contributed by atoms with E-state index in [1.807, 2.05) is 38.1 Å². The number of carbonyl (C=O) groups is 1. The SMILES string of the molecule is Cc1ccc(-c2cnc(Cl)cc2C)cc1C1=C(O)[C@@H]2CC[C@@H](C2)C1=O. The van der Waals surface area contributed by atoms with Crippen LogP contribution in [0.5, 0.6) is 0 Å². The maximum absolute atomic E-state index is 12.9. The standard InChI is InChI=1S/C21H20ClNO2/c1-11-3-4-13(17-10-23-18(22)7-12(17)2)9-16(11)19-20(24)14-5-6-15(8-14)21(19)25/h3-4,7,9-10,14-15,24H,5-6,8H2,1-2H3/t14-,15+/m1/s1. The van der Waals surface area contributed by atoms with Crippen molar-refractivity contribution in [3.8, 4) is 11.1 Å². The molecule has 2 aliphatic carbocycles. The van der Waals surface area contributed by atoms with Gasteiger partial charge >= 0.3 is 0 Å². The topological polar surface area (TPSA) is 50.2 Å². The van der Waals surface area contributed by atoms with Crippen LogP contribution in [0, 0.1) is 25.7 Å². The van der Waals surface area contributed by atoms with Gasteiger partial charge in [0.15, 0.2) is 5.78 Å². The second-order valence-corrected chi connectivity index (χ2v) is 7.57. The molecular formula is C21H20ClNO2. The fourth-order valence-electron chi connectivity index (χ4n) is 4.16. The minimum Gasteiger partial charge on any atom is -0.511 e. The number of fused-ring (bicyclic) bond motifs is 2. The molecule has 3 nitrogen and oxygen atoms in total. The number of benzene rings is 1. The third kappa shape index (κ3) is 2.67. The van der Waals surface area contributed by atoms with Crippen molar-refractivity contribution < 1.29 is 9.90 Å². The van der Waals surface area contributed by atoms with Gasteiger partial charge < -0.3 is 5.11 Å². The molecule has 0 saturated heterocycles. The Morgan fingerprint density at radius 3 is 2.60 bits per heavy atom. The first-order valence-corrected chi connectivity index (χ1v) is 9.04. The van der Waals surface area contributed by atoms with E-state index in [9.17, 15) is 9.90 Å². The van der Waals surface area contributed by atoms with Crippen molar-refractivity contribution in [2.75, 3.05) is 0 Å². The molecule has 0 spiro atoms. The van der Waals surface area contributed by atoms with Crippen LogP contribution in [-0.2, 0) is 4.79 Å². The number of aliphatic hydroxyl groups is 1. The smallest absolute Gasteiger partial charge is 0.169 e. The van der Waals surface area contributed by atoms with Crippen LogP contribution < -0.4 is 0 Å². The van der Waals surface area contributed by atoms with Gasteiger partial charge in [-0.05, 0) is 67.5 Å². The zero-order valence-corrected chi connectivity index (χ0v) is 15.1. The maximum Gasteiger partial charge on any atom is 0.169 e. The summed E-state index contributed by atoms with van der Waals surface area (Å²) < 4.78 is 0. The molecule has 25 heavy (non-hydrogen) atoms. The van der Waals surface area contributed by atoms with E-state index in [2.05, 4.69) is 4.98 Å². The minimum absolute atomic E-state index is 0.0675. The summed E-state index contributed by atoms with van der Waals surface area (Å²) in [5.74, 6) is 0.583. The fourth-order valence-corrected chi connectivity index (χ4v) is 4.37. The van der Waals surface area contributed by atoms with E-state index >= 15 is 0 Å². The number of Topliss-reactive ketones (excluding diaryl/α,β-unsaturated/α-hetero) is 1. The summed E-state index contributed by atoms with van der Waals surface area (Å²) in [4.78, 5) is 17.0. The van der Waals surface area contributed by atoms with Crippen molar-refractivity contribution in [1.29, 1.82) is 0 Å². The van der Waals surface area contributed by atoms with Gasteiger partial charge in [0, 0.05) is 23.6 Å². The van der Waals surface area contributed by atoms with Crippen molar-refractivity contribution >= 4 is 23.0 Å². The van der Waals surface area contributed by atoms with E-state index in [0.717, 1.165) is 47.1 Å². The van der Waals surface area contributed by atoms with Crippen LogP contribution in [0.1, 0.15) is 36.0 Å². The third-order valence-corrected chi connectivity index (χ3v) is 5.79. The molecule has 2 aromatic rings. The number of carbonyl (C=O) groups excluding carboxylic acids is 1. The van der Waals surface area contributed by atoms with Crippen LogP contribution in [0.4, 0.5) is 0 Å². The molecule has 2 atom stereocenters. The predicted molar refractivity (Wildman–Crippen MR) is 99.5 cm³/mol. The quantitative estimate of drug-likeness (QED) is 0.746. The first kappa shape index (κ1) is 16.3. The molecule has 0 unspecified atom stereocenters. The van der Waals surface area contributed by atoms with E-state index in [1.165, 1.54) is 0 Å². The molecular weight excluding hydrogens is 334 g/mol. The zero-order valence-electron chi connectivity index (χ0n) is 14.3. The lowest BCUT2D eigenvalue weighted by Crippen LogP contribution is -2.21. The number of aliphatic hydroxyl groups excluding tert-OH is 1. The number of aryl methyl sites for hydroxylation is 2. The molecule has 4 rings (SSSR count). The van der Waals surface area contributed by atoms with Crippen molar-refractivity contribution in [3.05, 3.63) is 58.1 Å². The summed E-state index contributed by atoms with van der Waals surface area (Å²) in [6.45, 7) is 3.97. The highest BCUT2D eigenvalue weighted by Gasteiger charge is 2.41.